The number of benzene rings is 1. The fourth-order valence-corrected chi connectivity index (χ4v) is 5.18. The van der Waals surface area contributed by atoms with Crippen molar-refractivity contribution >= 4 is 23.3 Å². The first-order chi connectivity index (χ1) is 14.9. The Hall–Kier alpha value is -2.90. The van der Waals surface area contributed by atoms with Gasteiger partial charge in [0, 0.05) is 24.3 Å². The van der Waals surface area contributed by atoms with E-state index in [0.29, 0.717) is 18.5 Å². The van der Waals surface area contributed by atoms with Crippen molar-refractivity contribution in [3.05, 3.63) is 53.2 Å². The van der Waals surface area contributed by atoms with E-state index in [9.17, 15) is 22.8 Å². The molecule has 2 heterocycles. The number of aryl methyl sites for hydroxylation is 2. The first-order valence-corrected chi connectivity index (χ1v) is 10.7. The molecule has 4 rings (SSSR count). The molecule has 2 fully saturated rings. The van der Waals surface area contributed by atoms with Crippen LogP contribution >= 0.6 is 0 Å². The second-order valence-corrected chi connectivity index (χ2v) is 9.13. The molecule has 1 aliphatic heterocycles. The van der Waals surface area contributed by atoms with E-state index < -0.39 is 23.2 Å². The number of nitrogens with zero attached hydrogens (tertiary/aromatic N) is 3. The molecule has 32 heavy (non-hydrogen) atoms. The Morgan fingerprint density at radius 1 is 1.22 bits per heavy atom. The average Bonchev–Trinajstić information content (AvgIpc) is 3.20. The summed E-state index contributed by atoms with van der Waals surface area (Å²) < 4.78 is 40.4. The highest BCUT2D eigenvalue weighted by Crippen LogP contribution is 2.54. The number of carbonyl (C=O) groups is 2. The number of hydrogen-bond acceptors (Lipinski definition) is 3. The number of rotatable bonds is 3. The third-order valence-electron chi connectivity index (χ3n) is 6.88. The van der Waals surface area contributed by atoms with E-state index in [4.69, 9.17) is 0 Å². The van der Waals surface area contributed by atoms with Crippen LogP contribution in [0.2, 0.25) is 0 Å². The van der Waals surface area contributed by atoms with Crippen molar-refractivity contribution in [2.45, 2.75) is 52.3 Å². The Morgan fingerprint density at radius 2 is 1.94 bits per heavy atom. The molecule has 2 aliphatic rings. The summed E-state index contributed by atoms with van der Waals surface area (Å²) in [7, 11) is 1.63. The molecule has 2 amide bonds. The quantitative estimate of drug-likeness (QED) is 0.675. The van der Waals surface area contributed by atoms with E-state index in [2.05, 4.69) is 4.98 Å². The summed E-state index contributed by atoms with van der Waals surface area (Å²) in [6.07, 6.45) is -2.52. The standard InChI is InChI=1S/C24H26F3N3O2/c1-14-7-5-8-17(11-14)29(4)21(31)20-18-9-6-10-23(18,3)22(32)30(20)19-13-16(24(25,26)27)12-15(2)28-19/h5,7-8,11-13,18,20H,6,9-10H2,1-4H3. The topological polar surface area (TPSA) is 53.5 Å². The fourth-order valence-electron chi connectivity index (χ4n) is 5.18. The molecule has 170 valence electrons. The molecule has 2 aromatic rings. The molecule has 1 saturated carbocycles. The average molecular weight is 445 g/mol. The van der Waals surface area contributed by atoms with E-state index >= 15 is 0 Å². The number of amides is 2. The van der Waals surface area contributed by atoms with Crippen LogP contribution in [0.1, 0.15) is 43.0 Å². The van der Waals surface area contributed by atoms with Crippen molar-refractivity contribution in [2.24, 2.45) is 11.3 Å². The van der Waals surface area contributed by atoms with Gasteiger partial charge in [0.05, 0.1) is 11.0 Å². The van der Waals surface area contributed by atoms with Gasteiger partial charge in [0.25, 0.3) is 0 Å². The number of alkyl halides is 3. The molecular weight excluding hydrogens is 419 g/mol. The molecule has 1 saturated heterocycles. The maximum absolute atomic E-state index is 13.7. The Morgan fingerprint density at radius 3 is 2.59 bits per heavy atom. The van der Waals surface area contributed by atoms with E-state index in [-0.39, 0.29) is 29.2 Å². The molecule has 1 aromatic carbocycles. The van der Waals surface area contributed by atoms with Crippen LogP contribution in [0.4, 0.5) is 24.7 Å². The van der Waals surface area contributed by atoms with Crippen LogP contribution in [-0.4, -0.2) is 29.9 Å². The van der Waals surface area contributed by atoms with Crippen molar-refractivity contribution < 1.29 is 22.8 Å². The highest BCUT2D eigenvalue weighted by molar-refractivity contribution is 6.10. The lowest BCUT2D eigenvalue weighted by Crippen LogP contribution is -2.48. The van der Waals surface area contributed by atoms with E-state index in [1.54, 1.807) is 13.1 Å². The number of anilines is 2. The Bertz CT molecular complexity index is 1080. The fraction of sp³-hybridized carbons (Fsp3) is 0.458. The van der Waals surface area contributed by atoms with Crippen molar-refractivity contribution in [1.82, 2.24) is 4.98 Å². The van der Waals surface area contributed by atoms with Gasteiger partial charge in [-0.15, -0.1) is 0 Å². The van der Waals surface area contributed by atoms with Crippen molar-refractivity contribution in [2.75, 3.05) is 16.8 Å². The SMILES string of the molecule is Cc1cccc(N(C)C(=O)C2C3CCCC3(C)C(=O)N2c2cc(C(F)(F)F)cc(C)n2)c1. The van der Waals surface area contributed by atoms with Crippen LogP contribution in [0, 0.1) is 25.2 Å². The summed E-state index contributed by atoms with van der Waals surface area (Å²) in [5, 5.41) is 0. The monoisotopic (exact) mass is 445 g/mol. The van der Waals surface area contributed by atoms with Gasteiger partial charge in [-0.2, -0.15) is 13.2 Å². The normalized spacial score (nSPS) is 25.2. The summed E-state index contributed by atoms with van der Waals surface area (Å²) in [6.45, 7) is 5.19. The number of aromatic nitrogens is 1. The summed E-state index contributed by atoms with van der Waals surface area (Å²) >= 11 is 0. The minimum absolute atomic E-state index is 0.117. The van der Waals surface area contributed by atoms with E-state index in [1.807, 2.05) is 32.0 Å². The van der Waals surface area contributed by atoms with Crippen LogP contribution in [-0.2, 0) is 15.8 Å². The summed E-state index contributed by atoms with van der Waals surface area (Å²) in [5.41, 5.74) is 0.110. The van der Waals surface area contributed by atoms with E-state index in [1.165, 1.54) is 16.7 Å². The molecule has 0 N–H and O–H groups in total. The molecule has 8 heteroatoms. The first-order valence-electron chi connectivity index (χ1n) is 10.7. The summed E-state index contributed by atoms with van der Waals surface area (Å²) in [5.74, 6) is -1.06. The Kier molecular flexibility index (Phi) is 5.30. The van der Waals surface area contributed by atoms with Crippen LogP contribution in [0.3, 0.4) is 0 Å². The number of pyridine rings is 1. The highest BCUT2D eigenvalue weighted by atomic mass is 19.4. The van der Waals surface area contributed by atoms with Gasteiger partial charge in [-0.05, 0) is 56.5 Å². The van der Waals surface area contributed by atoms with Crippen LogP contribution in [0.15, 0.2) is 36.4 Å². The molecule has 1 aromatic heterocycles. The van der Waals surface area contributed by atoms with Crippen LogP contribution < -0.4 is 9.80 Å². The highest BCUT2D eigenvalue weighted by Gasteiger charge is 2.61. The molecule has 1 aliphatic carbocycles. The zero-order chi connectivity index (χ0) is 23.4. The van der Waals surface area contributed by atoms with Gasteiger partial charge in [-0.3, -0.25) is 14.5 Å². The predicted octanol–water partition coefficient (Wildman–Crippen LogP) is 4.90. The third kappa shape index (κ3) is 3.55. The number of likely N-dealkylation sites (N-methyl/N-ethyl adjacent to an activating group) is 1. The van der Waals surface area contributed by atoms with Crippen molar-refractivity contribution in [3.63, 3.8) is 0 Å². The zero-order valence-corrected chi connectivity index (χ0v) is 18.5. The lowest BCUT2D eigenvalue weighted by molar-refractivity contribution is -0.137. The number of carbonyl (C=O) groups excluding carboxylic acids is 2. The minimum Gasteiger partial charge on any atom is -0.314 e. The number of halogens is 3. The molecule has 3 unspecified atom stereocenters. The van der Waals surface area contributed by atoms with Crippen molar-refractivity contribution in [3.8, 4) is 0 Å². The van der Waals surface area contributed by atoms with Crippen molar-refractivity contribution in [1.29, 1.82) is 0 Å². The zero-order valence-electron chi connectivity index (χ0n) is 18.5. The largest absolute Gasteiger partial charge is 0.416 e. The van der Waals surface area contributed by atoms with Crippen LogP contribution in [0.5, 0.6) is 0 Å². The first kappa shape index (κ1) is 22.3. The van der Waals surface area contributed by atoms with Gasteiger partial charge in [-0.25, -0.2) is 4.98 Å². The molecule has 5 nitrogen and oxygen atoms in total. The maximum atomic E-state index is 13.7. The molecule has 0 spiro atoms. The Balaban J connectivity index is 1.81. The second-order valence-electron chi connectivity index (χ2n) is 9.13. The molecule has 0 bridgehead atoms. The van der Waals surface area contributed by atoms with Gasteiger partial charge in [-0.1, -0.05) is 25.5 Å². The number of hydrogen-bond donors (Lipinski definition) is 0. The minimum atomic E-state index is -4.58. The van der Waals surface area contributed by atoms with Gasteiger partial charge in [0.15, 0.2) is 0 Å². The molecule has 0 radical (unpaired) electrons. The summed E-state index contributed by atoms with van der Waals surface area (Å²) in [4.78, 5) is 34.2. The van der Waals surface area contributed by atoms with Gasteiger partial charge < -0.3 is 4.90 Å². The maximum Gasteiger partial charge on any atom is 0.416 e. The second kappa shape index (κ2) is 7.60. The Labute approximate surface area is 185 Å². The lowest BCUT2D eigenvalue weighted by Gasteiger charge is -2.30. The smallest absolute Gasteiger partial charge is 0.314 e. The number of fused-ring (bicyclic) bond motifs is 1. The lowest BCUT2D eigenvalue weighted by atomic mass is 9.79. The predicted molar refractivity (Wildman–Crippen MR) is 115 cm³/mol. The van der Waals surface area contributed by atoms with E-state index in [0.717, 1.165) is 24.1 Å². The summed E-state index contributed by atoms with van der Waals surface area (Å²) in [6, 6.07) is 8.33. The molecular formula is C24H26F3N3O2. The van der Waals surface area contributed by atoms with Gasteiger partial charge in [0.1, 0.15) is 11.9 Å². The van der Waals surface area contributed by atoms with Gasteiger partial charge in [0.2, 0.25) is 11.8 Å². The van der Waals surface area contributed by atoms with Gasteiger partial charge >= 0.3 is 6.18 Å². The molecule has 3 atom stereocenters. The van der Waals surface area contributed by atoms with Crippen LogP contribution in [0.25, 0.3) is 0 Å². The third-order valence-corrected chi connectivity index (χ3v) is 6.88.